The number of nitrogens with one attached hydrogen (secondary N) is 1. The third kappa shape index (κ3) is 2.44. The van der Waals surface area contributed by atoms with Crippen molar-refractivity contribution in [3.05, 3.63) is 0 Å². The van der Waals surface area contributed by atoms with E-state index < -0.39 is 12.0 Å². The molecule has 0 aromatic heterocycles. The van der Waals surface area contributed by atoms with Crippen molar-refractivity contribution in [1.82, 2.24) is 5.32 Å². The van der Waals surface area contributed by atoms with E-state index in [0.717, 1.165) is 6.42 Å². The molecule has 84 valence electrons. The fourth-order valence-corrected chi connectivity index (χ4v) is 2.93. The van der Waals surface area contributed by atoms with Crippen LogP contribution in [0.5, 0.6) is 0 Å². The zero-order chi connectivity index (χ0) is 10.8. The summed E-state index contributed by atoms with van der Waals surface area (Å²) in [6, 6.07) is 0. The van der Waals surface area contributed by atoms with Crippen LogP contribution in [0.4, 0.5) is 8.78 Å². The van der Waals surface area contributed by atoms with E-state index >= 15 is 0 Å². The first-order valence-corrected chi connectivity index (χ1v) is 5.53. The highest BCUT2D eigenvalue weighted by Gasteiger charge is 2.44. The third-order valence-corrected chi connectivity index (χ3v) is 3.18. The molecule has 3 heteroatoms. The zero-order valence-electron chi connectivity index (χ0n) is 9.32. The van der Waals surface area contributed by atoms with Crippen LogP contribution in [0.2, 0.25) is 0 Å². The third-order valence-electron chi connectivity index (χ3n) is 3.18. The predicted octanol–water partition coefficient (Wildman–Crippen LogP) is 3.06. The van der Waals surface area contributed by atoms with Gasteiger partial charge in [-0.1, -0.05) is 20.8 Å². The molecule has 1 aliphatic rings. The van der Waals surface area contributed by atoms with Crippen LogP contribution in [0.15, 0.2) is 0 Å². The van der Waals surface area contributed by atoms with Gasteiger partial charge in [0.2, 0.25) is 0 Å². The molecule has 0 aromatic carbocycles. The molecule has 2 atom stereocenters. The van der Waals surface area contributed by atoms with Crippen LogP contribution in [-0.4, -0.2) is 18.5 Å². The average Bonchev–Trinajstić information content (AvgIpc) is 2.02. The summed E-state index contributed by atoms with van der Waals surface area (Å²) in [5.41, 5.74) is -0.911. The van der Waals surface area contributed by atoms with Crippen molar-refractivity contribution in [2.24, 2.45) is 11.8 Å². The van der Waals surface area contributed by atoms with E-state index in [4.69, 9.17) is 0 Å². The van der Waals surface area contributed by atoms with Gasteiger partial charge in [0.25, 0.3) is 6.43 Å². The summed E-state index contributed by atoms with van der Waals surface area (Å²) >= 11 is 0. The van der Waals surface area contributed by atoms with E-state index in [1.165, 1.54) is 0 Å². The molecule has 2 unspecified atom stereocenters. The van der Waals surface area contributed by atoms with E-state index in [1.807, 2.05) is 6.92 Å². The molecule has 1 aliphatic carbocycles. The Bertz CT molecular complexity index is 172. The van der Waals surface area contributed by atoms with Gasteiger partial charge in [-0.25, -0.2) is 8.78 Å². The van der Waals surface area contributed by atoms with Gasteiger partial charge < -0.3 is 5.32 Å². The van der Waals surface area contributed by atoms with Crippen LogP contribution in [0, 0.1) is 11.8 Å². The largest absolute Gasteiger partial charge is 0.307 e. The summed E-state index contributed by atoms with van der Waals surface area (Å²) in [7, 11) is 0. The Kier molecular flexibility index (Phi) is 3.87. The minimum absolute atomic E-state index is 0.409. The Morgan fingerprint density at radius 1 is 1.29 bits per heavy atom. The normalized spacial score (nSPS) is 39.0. The van der Waals surface area contributed by atoms with E-state index in [2.05, 4.69) is 19.2 Å². The molecule has 1 saturated carbocycles. The van der Waals surface area contributed by atoms with Crippen LogP contribution in [-0.2, 0) is 0 Å². The lowest BCUT2D eigenvalue weighted by Crippen LogP contribution is -2.55. The molecule has 0 aromatic rings. The lowest BCUT2D eigenvalue weighted by molar-refractivity contribution is -0.0171. The standard InChI is InChI=1S/C11H21F2N/c1-4-14-11(10(12)13)6-8(2)5-9(3)7-11/h8-10,14H,4-7H2,1-3H3. The molecule has 0 aliphatic heterocycles. The quantitative estimate of drug-likeness (QED) is 0.746. The van der Waals surface area contributed by atoms with E-state index in [1.54, 1.807) is 0 Å². The monoisotopic (exact) mass is 205 g/mol. The molecule has 14 heavy (non-hydrogen) atoms. The van der Waals surface area contributed by atoms with Gasteiger partial charge in [0.05, 0.1) is 5.54 Å². The van der Waals surface area contributed by atoms with E-state index in [-0.39, 0.29) is 0 Å². The maximum atomic E-state index is 13.0. The van der Waals surface area contributed by atoms with Crippen molar-refractivity contribution in [2.75, 3.05) is 6.54 Å². The Hall–Kier alpha value is -0.180. The van der Waals surface area contributed by atoms with Crippen LogP contribution >= 0.6 is 0 Å². The van der Waals surface area contributed by atoms with Gasteiger partial charge in [0.15, 0.2) is 0 Å². The molecule has 0 saturated heterocycles. The maximum Gasteiger partial charge on any atom is 0.256 e. The molecule has 0 heterocycles. The average molecular weight is 205 g/mol. The molecule has 0 amide bonds. The van der Waals surface area contributed by atoms with Gasteiger partial charge in [-0.2, -0.15) is 0 Å². The smallest absolute Gasteiger partial charge is 0.256 e. The number of halogens is 2. The van der Waals surface area contributed by atoms with Crippen LogP contribution < -0.4 is 5.32 Å². The number of rotatable bonds is 3. The fourth-order valence-electron chi connectivity index (χ4n) is 2.93. The first-order chi connectivity index (χ1) is 6.50. The van der Waals surface area contributed by atoms with E-state index in [0.29, 0.717) is 31.2 Å². The minimum atomic E-state index is -2.24. The van der Waals surface area contributed by atoms with Crippen molar-refractivity contribution in [3.63, 3.8) is 0 Å². The first-order valence-electron chi connectivity index (χ1n) is 5.53. The van der Waals surface area contributed by atoms with Crippen molar-refractivity contribution in [2.45, 2.75) is 52.0 Å². The van der Waals surface area contributed by atoms with E-state index in [9.17, 15) is 8.78 Å². The molecular weight excluding hydrogens is 184 g/mol. The fraction of sp³-hybridized carbons (Fsp3) is 1.00. The Morgan fingerprint density at radius 2 is 1.79 bits per heavy atom. The predicted molar refractivity (Wildman–Crippen MR) is 54.6 cm³/mol. The highest BCUT2D eigenvalue weighted by Crippen LogP contribution is 2.39. The second-order valence-electron chi connectivity index (χ2n) is 4.84. The second-order valence-corrected chi connectivity index (χ2v) is 4.84. The summed E-state index contributed by atoms with van der Waals surface area (Å²) in [4.78, 5) is 0. The molecule has 1 rings (SSSR count). The molecule has 0 radical (unpaired) electrons. The molecule has 1 fully saturated rings. The summed E-state index contributed by atoms with van der Waals surface area (Å²) in [5.74, 6) is 0.818. The van der Waals surface area contributed by atoms with Gasteiger partial charge in [0.1, 0.15) is 0 Å². The van der Waals surface area contributed by atoms with Gasteiger partial charge in [-0.15, -0.1) is 0 Å². The number of hydrogen-bond donors (Lipinski definition) is 1. The Balaban J connectivity index is 2.74. The van der Waals surface area contributed by atoms with Crippen LogP contribution in [0.25, 0.3) is 0 Å². The van der Waals surface area contributed by atoms with Gasteiger partial charge in [0, 0.05) is 0 Å². The second kappa shape index (κ2) is 4.56. The molecule has 1 N–H and O–H groups in total. The summed E-state index contributed by atoms with van der Waals surface area (Å²) in [6.07, 6.45) is 0.0682. The van der Waals surface area contributed by atoms with Crippen molar-refractivity contribution in [3.8, 4) is 0 Å². The zero-order valence-corrected chi connectivity index (χ0v) is 9.32. The lowest BCUT2D eigenvalue weighted by Gasteiger charge is -2.42. The molecular formula is C11H21F2N. The molecule has 0 spiro atoms. The number of alkyl halides is 2. The lowest BCUT2D eigenvalue weighted by atomic mass is 9.71. The van der Waals surface area contributed by atoms with Gasteiger partial charge in [-0.05, 0) is 37.6 Å². The maximum absolute atomic E-state index is 13.0. The van der Waals surface area contributed by atoms with Crippen molar-refractivity contribution >= 4 is 0 Å². The minimum Gasteiger partial charge on any atom is -0.307 e. The summed E-state index contributed by atoms with van der Waals surface area (Å²) < 4.78 is 26.1. The Morgan fingerprint density at radius 3 is 2.14 bits per heavy atom. The highest BCUT2D eigenvalue weighted by molar-refractivity contribution is 4.96. The Labute approximate surface area is 85.3 Å². The van der Waals surface area contributed by atoms with Gasteiger partial charge in [-0.3, -0.25) is 0 Å². The van der Waals surface area contributed by atoms with Crippen molar-refractivity contribution < 1.29 is 8.78 Å². The number of hydrogen-bond acceptors (Lipinski definition) is 1. The first kappa shape index (κ1) is 11.9. The molecule has 1 nitrogen and oxygen atoms in total. The summed E-state index contributed by atoms with van der Waals surface area (Å²) in [6.45, 7) is 6.67. The SMILES string of the molecule is CCNC1(C(F)F)CC(C)CC(C)C1. The van der Waals surface area contributed by atoms with Crippen LogP contribution in [0.3, 0.4) is 0 Å². The molecule has 0 bridgehead atoms. The summed E-state index contributed by atoms with van der Waals surface area (Å²) in [5, 5.41) is 3.01. The van der Waals surface area contributed by atoms with Crippen molar-refractivity contribution in [1.29, 1.82) is 0 Å². The van der Waals surface area contributed by atoms with Gasteiger partial charge >= 0.3 is 0 Å². The van der Waals surface area contributed by atoms with Crippen LogP contribution in [0.1, 0.15) is 40.0 Å². The highest BCUT2D eigenvalue weighted by atomic mass is 19.3. The topological polar surface area (TPSA) is 12.0 Å².